The summed E-state index contributed by atoms with van der Waals surface area (Å²) in [6.45, 7) is 1.92. The van der Waals surface area contributed by atoms with Crippen LogP contribution in [0.15, 0.2) is 12.1 Å². The lowest BCUT2D eigenvalue weighted by Crippen LogP contribution is -2.19. The van der Waals surface area contributed by atoms with Crippen LogP contribution in [-0.2, 0) is 6.54 Å². The Morgan fingerprint density at radius 2 is 1.94 bits per heavy atom. The monoisotopic (exact) mass is 257 g/mol. The summed E-state index contributed by atoms with van der Waals surface area (Å²) in [6, 6.07) is 1.63. The van der Waals surface area contributed by atoms with Gasteiger partial charge in [-0.05, 0) is 24.6 Å². The van der Waals surface area contributed by atoms with Crippen molar-refractivity contribution in [1.29, 1.82) is 0 Å². The lowest BCUT2D eigenvalue weighted by atomic mass is 10.2. The topological polar surface area (TPSA) is 66.5 Å². The van der Waals surface area contributed by atoms with E-state index < -0.39 is 17.5 Å². The highest BCUT2D eigenvalue weighted by Gasteiger charge is 2.13. The van der Waals surface area contributed by atoms with Crippen molar-refractivity contribution in [2.45, 2.75) is 19.5 Å². The fourth-order valence-corrected chi connectivity index (χ4v) is 1.43. The number of H-pyrrole nitrogens is 1. The minimum Gasteiger partial charge on any atom is -0.303 e. The maximum Gasteiger partial charge on any atom is 0.194 e. The molecule has 1 atom stereocenters. The van der Waals surface area contributed by atoms with Crippen LogP contribution in [0.4, 0.5) is 13.2 Å². The third-order valence-electron chi connectivity index (χ3n) is 2.41. The minimum atomic E-state index is -1.47. The van der Waals surface area contributed by atoms with Gasteiger partial charge < -0.3 is 5.32 Å². The highest BCUT2D eigenvalue weighted by atomic mass is 19.2. The van der Waals surface area contributed by atoms with Gasteiger partial charge in [-0.3, -0.25) is 0 Å². The van der Waals surface area contributed by atoms with Gasteiger partial charge >= 0.3 is 0 Å². The molecule has 1 aromatic carbocycles. The molecule has 0 fully saturated rings. The third kappa shape index (κ3) is 2.65. The molecule has 0 saturated heterocycles. The Hall–Kier alpha value is -1.96. The van der Waals surface area contributed by atoms with E-state index in [-0.39, 0.29) is 12.6 Å². The van der Waals surface area contributed by atoms with Crippen molar-refractivity contribution in [3.8, 4) is 0 Å². The van der Waals surface area contributed by atoms with Crippen molar-refractivity contribution in [1.82, 2.24) is 25.9 Å². The number of hydrogen-bond donors (Lipinski definition) is 2. The zero-order chi connectivity index (χ0) is 13.1. The van der Waals surface area contributed by atoms with Crippen LogP contribution in [0.5, 0.6) is 0 Å². The second-order valence-electron chi connectivity index (χ2n) is 3.75. The van der Waals surface area contributed by atoms with E-state index >= 15 is 0 Å². The first-order valence-electron chi connectivity index (χ1n) is 5.18. The summed E-state index contributed by atoms with van der Waals surface area (Å²) in [5.41, 5.74) is 0.293. The van der Waals surface area contributed by atoms with E-state index in [0.717, 1.165) is 12.1 Å². The quantitative estimate of drug-likeness (QED) is 0.814. The van der Waals surface area contributed by atoms with Crippen LogP contribution >= 0.6 is 0 Å². The van der Waals surface area contributed by atoms with Gasteiger partial charge in [0.15, 0.2) is 23.3 Å². The zero-order valence-corrected chi connectivity index (χ0v) is 9.41. The normalized spacial score (nSPS) is 12.7. The highest BCUT2D eigenvalue weighted by Crippen LogP contribution is 2.14. The van der Waals surface area contributed by atoms with E-state index in [1.165, 1.54) is 0 Å². The van der Waals surface area contributed by atoms with Crippen LogP contribution in [0, 0.1) is 17.5 Å². The number of aromatic nitrogens is 4. The second kappa shape index (κ2) is 5.13. The molecule has 5 nitrogen and oxygen atoms in total. The molecule has 1 heterocycles. The summed E-state index contributed by atoms with van der Waals surface area (Å²) in [7, 11) is 0. The molecule has 18 heavy (non-hydrogen) atoms. The first-order valence-corrected chi connectivity index (χ1v) is 5.18. The Balaban J connectivity index is 2.02. The van der Waals surface area contributed by atoms with Crippen molar-refractivity contribution in [2.24, 2.45) is 0 Å². The van der Waals surface area contributed by atoms with Gasteiger partial charge in [0.05, 0.1) is 6.04 Å². The molecule has 1 unspecified atom stereocenters. The Kier molecular flexibility index (Phi) is 3.56. The number of halogens is 3. The van der Waals surface area contributed by atoms with Gasteiger partial charge in [-0.1, -0.05) is 5.21 Å². The summed E-state index contributed by atoms with van der Waals surface area (Å²) in [4.78, 5) is 0. The first kappa shape index (κ1) is 12.5. The lowest BCUT2D eigenvalue weighted by Gasteiger charge is -2.10. The zero-order valence-electron chi connectivity index (χ0n) is 9.41. The van der Waals surface area contributed by atoms with E-state index in [1.54, 1.807) is 6.92 Å². The molecule has 0 amide bonds. The smallest absolute Gasteiger partial charge is 0.194 e. The fourth-order valence-electron chi connectivity index (χ4n) is 1.43. The Morgan fingerprint density at radius 3 is 2.50 bits per heavy atom. The van der Waals surface area contributed by atoms with Crippen LogP contribution in [0.3, 0.4) is 0 Å². The van der Waals surface area contributed by atoms with E-state index in [0.29, 0.717) is 11.4 Å². The Labute approximate surface area is 100 Å². The summed E-state index contributed by atoms with van der Waals surface area (Å²) in [5.74, 6) is -3.46. The van der Waals surface area contributed by atoms with E-state index in [1.807, 2.05) is 0 Å². The second-order valence-corrected chi connectivity index (χ2v) is 3.75. The molecule has 0 bridgehead atoms. The first-order chi connectivity index (χ1) is 8.58. The van der Waals surface area contributed by atoms with E-state index in [9.17, 15) is 13.2 Å². The van der Waals surface area contributed by atoms with Crippen LogP contribution in [0.2, 0.25) is 0 Å². The summed E-state index contributed by atoms with van der Waals surface area (Å²) < 4.78 is 38.6. The molecule has 0 aliphatic carbocycles. The van der Waals surface area contributed by atoms with Crippen LogP contribution in [0.25, 0.3) is 0 Å². The molecule has 2 rings (SSSR count). The molecule has 0 aliphatic heterocycles. The maximum absolute atomic E-state index is 13.0. The number of aromatic amines is 1. The summed E-state index contributed by atoms with van der Waals surface area (Å²) >= 11 is 0. The van der Waals surface area contributed by atoms with Gasteiger partial charge in [-0.25, -0.2) is 13.2 Å². The molecule has 0 aliphatic rings. The predicted molar refractivity (Wildman–Crippen MR) is 55.7 cm³/mol. The molecule has 96 valence electrons. The van der Waals surface area contributed by atoms with Crippen molar-refractivity contribution >= 4 is 0 Å². The number of rotatable bonds is 4. The molecular formula is C10H10F3N5. The van der Waals surface area contributed by atoms with Gasteiger partial charge in [0.1, 0.15) is 0 Å². The third-order valence-corrected chi connectivity index (χ3v) is 2.41. The molecule has 2 aromatic rings. The van der Waals surface area contributed by atoms with Crippen LogP contribution in [0.1, 0.15) is 24.4 Å². The highest BCUT2D eigenvalue weighted by molar-refractivity contribution is 5.19. The predicted octanol–water partition coefficient (Wildman–Crippen LogP) is 1.47. The van der Waals surface area contributed by atoms with Crippen molar-refractivity contribution < 1.29 is 13.2 Å². The van der Waals surface area contributed by atoms with Crippen LogP contribution in [-0.4, -0.2) is 20.6 Å². The SMILES string of the molecule is CC(NCc1cc(F)c(F)c(F)c1)c1nn[nH]n1. The number of hydrogen-bond acceptors (Lipinski definition) is 4. The van der Waals surface area contributed by atoms with Gasteiger partial charge in [0, 0.05) is 6.54 Å². The molecule has 0 radical (unpaired) electrons. The van der Waals surface area contributed by atoms with Crippen molar-refractivity contribution in [3.63, 3.8) is 0 Å². The molecule has 1 aromatic heterocycles. The molecule has 8 heteroatoms. The maximum atomic E-state index is 13.0. The molecule has 0 spiro atoms. The number of nitrogens with one attached hydrogen (secondary N) is 2. The fraction of sp³-hybridized carbons (Fsp3) is 0.300. The Morgan fingerprint density at radius 1 is 1.28 bits per heavy atom. The van der Waals surface area contributed by atoms with Gasteiger partial charge in [-0.15, -0.1) is 10.2 Å². The summed E-state index contributed by atoms with van der Waals surface area (Å²) in [6.07, 6.45) is 0. The average molecular weight is 257 g/mol. The van der Waals surface area contributed by atoms with E-state index in [2.05, 4.69) is 25.9 Å². The number of nitrogens with zero attached hydrogens (tertiary/aromatic N) is 3. The number of tetrazole rings is 1. The average Bonchev–Trinajstić information content (AvgIpc) is 2.86. The molecular weight excluding hydrogens is 247 g/mol. The Bertz CT molecular complexity index is 505. The minimum absolute atomic E-state index is 0.157. The molecule has 0 saturated carbocycles. The van der Waals surface area contributed by atoms with Crippen LogP contribution < -0.4 is 5.32 Å². The van der Waals surface area contributed by atoms with Crippen molar-refractivity contribution in [2.75, 3.05) is 0 Å². The summed E-state index contributed by atoms with van der Waals surface area (Å²) in [5, 5.41) is 16.1. The van der Waals surface area contributed by atoms with Gasteiger partial charge in [0.2, 0.25) is 0 Å². The van der Waals surface area contributed by atoms with Gasteiger partial charge in [-0.2, -0.15) is 5.21 Å². The molecule has 2 N–H and O–H groups in total. The number of benzene rings is 1. The standard InChI is InChI=1S/C10H10F3N5/c1-5(10-15-17-18-16-10)14-4-6-2-7(11)9(13)8(12)3-6/h2-3,5,14H,4H2,1H3,(H,15,16,17,18). The van der Waals surface area contributed by atoms with Crippen molar-refractivity contribution in [3.05, 3.63) is 41.0 Å². The van der Waals surface area contributed by atoms with E-state index in [4.69, 9.17) is 0 Å². The van der Waals surface area contributed by atoms with Gasteiger partial charge in [0.25, 0.3) is 0 Å². The lowest BCUT2D eigenvalue weighted by molar-refractivity contribution is 0.443. The largest absolute Gasteiger partial charge is 0.303 e.